The first-order chi connectivity index (χ1) is 14.9. The van der Waals surface area contributed by atoms with E-state index in [1.807, 2.05) is 4.90 Å². The topological polar surface area (TPSA) is 98.3 Å². The van der Waals surface area contributed by atoms with Crippen LogP contribution in [0, 0.1) is 11.8 Å². The van der Waals surface area contributed by atoms with Crippen LogP contribution in [-0.4, -0.2) is 57.5 Å². The highest BCUT2D eigenvalue weighted by molar-refractivity contribution is 5.80. The first-order valence-electron chi connectivity index (χ1n) is 12.2. The second-order valence-electron chi connectivity index (χ2n) is 8.67. The zero-order chi connectivity index (χ0) is 23.1. The quantitative estimate of drug-likeness (QED) is 0.319. The molecule has 0 aliphatic heterocycles. The number of aliphatic carboxylic acids is 1. The van der Waals surface area contributed by atoms with Crippen molar-refractivity contribution in [2.75, 3.05) is 19.6 Å². The minimum absolute atomic E-state index is 0.00169. The summed E-state index contributed by atoms with van der Waals surface area (Å²) in [5, 5.41) is 12.5. The highest BCUT2D eigenvalue weighted by Gasteiger charge is 2.24. The van der Waals surface area contributed by atoms with E-state index in [2.05, 4.69) is 43.0 Å². The third kappa shape index (κ3) is 10.8. The maximum atomic E-state index is 13.2. The number of aromatic nitrogens is 2. The minimum atomic E-state index is -0.967. The fraction of sp³-hybridized carbons (Fsp3) is 0.792. The Bertz CT molecular complexity index is 588. The Morgan fingerprint density at radius 1 is 1.06 bits per heavy atom. The van der Waals surface area contributed by atoms with Crippen LogP contribution < -0.4 is 5.32 Å². The summed E-state index contributed by atoms with van der Waals surface area (Å²) in [7, 11) is 0. The van der Waals surface area contributed by atoms with E-state index in [-0.39, 0.29) is 18.9 Å². The van der Waals surface area contributed by atoms with Gasteiger partial charge in [-0.2, -0.15) is 0 Å². The fourth-order valence-electron chi connectivity index (χ4n) is 3.92. The van der Waals surface area contributed by atoms with Gasteiger partial charge in [0.05, 0.1) is 18.6 Å². The molecule has 178 valence electrons. The molecule has 0 saturated heterocycles. The molecule has 0 radical (unpaired) electrons. The molecule has 7 heteroatoms. The maximum absolute atomic E-state index is 13.2. The lowest BCUT2D eigenvalue weighted by molar-refractivity contribution is -0.139. The number of carboxylic acids is 1. The first-order valence-corrected chi connectivity index (χ1v) is 12.2. The summed E-state index contributed by atoms with van der Waals surface area (Å²) in [5.74, 6) is 0.0168. The van der Waals surface area contributed by atoms with Gasteiger partial charge in [0.15, 0.2) is 0 Å². The molecular formula is C24H44N4O3. The number of unbranched alkanes of at least 4 members (excludes halogenated alkanes) is 2. The summed E-state index contributed by atoms with van der Waals surface area (Å²) in [6.07, 6.45) is 12.5. The lowest BCUT2D eigenvalue weighted by Gasteiger charge is -2.31. The zero-order valence-electron chi connectivity index (χ0n) is 20.0. The number of amides is 1. The average Bonchev–Trinajstić information content (AvgIpc) is 3.28. The van der Waals surface area contributed by atoms with Crippen LogP contribution in [0.1, 0.15) is 84.8 Å². The van der Waals surface area contributed by atoms with Crippen LogP contribution in [0.5, 0.6) is 0 Å². The molecule has 1 heterocycles. The van der Waals surface area contributed by atoms with Crippen LogP contribution >= 0.6 is 0 Å². The summed E-state index contributed by atoms with van der Waals surface area (Å²) in [6.45, 7) is 10.3. The van der Waals surface area contributed by atoms with Gasteiger partial charge in [0.1, 0.15) is 6.04 Å². The smallest absolute Gasteiger partial charge is 0.321 e. The van der Waals surface area contributed by atoms with Gasteiger partial charge in [0.25, 0.3) is 0 Å². The van der Waals surface area contributed by atoms with Crippen LogP contribution in [0.3, 0.4) is 0 Å². The Labute approximate surface area is 188 Å². The first kappa shape index (κ1) is 27.1. The molecule has 1 aromatic heterocycles. The molecule has 31 heavy (non-hydrogen) atoms. The van der Waals surface area contributed by atoms with Gasteiger partial charge >= 0.3 is 5.97 Å². The lowest BCUT2D eigenvalue weighted by atomic mass is 9.95. The van der Waals surface area contributed by atoms with Crippen molar-refractivity contribution in [3.8, 4) is 0 Å². The van der Waals surface area contributed by atoms with Crippen molar-refractivity contribution in [3.05, 3.63) is 18.2 Å². The third-order valence-electron chi connectivity index (χ3n) is 6.16. The van der Waals surface area contributed by atoms with Crippen molar-refractivity contribution in [1.82, 2.24) is 20.2 Å². The number of hydrogen-bond donors (Lipinski definition) is 3. The minimum Gasteiger partial charge on any atom is -0.480 e. The predicted octanol–water partition coefficient (Wildman–Crippen LogP) is 4.26. The van der Waals surface area contributed by atoms with Crippen molar-refractivity contribution in [2.45, 2.75) is 91.5 Å². The molecule has 0 spiro atoms. The van der Waals surface area contributed by atoms with Gasteiger partial charge in [0.2, 0.25) is 5.91 Å². The van der Waals surface area contributed by atoms with Crippen LogP contribution in [-0.2, 0) is 16.0 Å². The number of rotatable bonds is 18. The van der Waals surface area contributed by atoms with E-state index in [1.165, 1.54) is 19.2 Å². The molecule has 0 bridgehead atoms. The molecule has 0 aliphatic rings. The molecule has 1 rings (SSSR count). The van der Waals surface area contributed by atoms with E-state index in [0.29, 0.717) is 17.5 Å². The largest absolute Gasteiger partial charge is 0.480 e. The van der Waals surface area contributed by atoms with Crippen LogP contribution in [0.15, 0.2) is 12.5 Å². The maximum Gasteiger partial charge on any atom is 0.321 e. The van der Waals surface area contributed by atoms with Gasteiger partial charge in [-0.25, -0.2) is 4.98 Å². The number of carboxylic acid groups (broad SMARTS) is 1. The van der Waals surface area contributed by atoms with E-state index < -0.39 is 12.0 Å². The Kier molecular flexibility index (Phi) is 13.9. The van der Waals surface area contributed by atoms with E-state index in [0.717, 1.165) is 51.6 Å². The number of H-pyrrole nitrogens is 1. The normalized spacial score (nSPS) is 14.2. The number of carbonyl (C=O) groups excluding carboxylic acids is 1. The van der Waals surface area contributed by atoms with E-state index in [9.17, 15) is 14.7 Å². The summed E-state index contributed by atoms with van der Waals surface area (Å²) in [4.78, 5) is 33.8. The Balaban J connectivity index is 2.79. The van der Waals surface area contributed by atoms with Crippen molar-refractivity contribution >= 4 is 11.9 Å². The van der Waals surface area contributed by atoms with E-state index >= 15 is 0 Å². The number of hydrogen-bond acceptors (Lipinski definition) is 4. The molecule has 1 amide bonds. The van der Waals surface area contributed by atoms with Crippen molar-refractivity contribution in [2.24, 2.45) is 11.8 Å². The second kappa shape index (κ2) is 15.8. The molecule has 7 nitrogen and oxygen atoms in total. The predicted molar refractivity (Wildman–Crippen MR) is 125 cm³/mol. The monoisotopic (exact) mass is 436 g/mol. The van der Waals surface area contributed by atoms with Crippen molar-refractivity contribution in [1.29, 1.82) is 0 Å². The summed E-state index contributed by atoms with van der Waals surface area (Å²) in [5.41, 5.74) is 0.667. The van der Waals surface area contributed by atoms with Gasteiger partial charge in [0, 0.05) is 25.7 Å². The Hall–Kier alpha value is -1.89. The SMILES string of the molecule is CCCCC(CC)CN(CC(CC)CCCC)C(=O)CN[C@@H](Cc1c[nH]cn1)C(=O)O. The molecule has 0 aromatic carbocycles. The van der Waals surface area contributed by atoms with Gasteiger partial charge in [-0.15, -0.1) is 0 Å². The lowest BCUT2D eigenvalue weighted by Crippen LogP contribution is -2.47. The molecule has 3 atom stereocenters. The summed E-state index contributed by atoms with van der Waals surface area (Å²) < 4.78 is 0. The molecule has 0 fully saturated rings. The molecule has 3 N–H and O–H groups in total. The average molecular weight is 437 g/mol. The van der Waals surface area contributed by atoms with Crippen LogP contribution in [0.4, 0.5) is 0 Å². The molecule has 0 aliphatic carbocycles. The zero-order valence-corrected chi connectivity index (χ0v) is 20.0. The third-order valence-corrected chi connectivity index (χ3v) is 6.16. The molecular weight excluding hydrogens is 392 g/mol. The highest BCUT2D eigenvalue weighted by atomic mass is 16.4. The van der Waals surface area contributed by atoms with Crippen molar-refractivity contribution in [3.63, 3.8) is 0 Å². The fourth-order valence-corrected chi connectivity index (χ4v) is 3.92. The van der Waals surface area contributed by atoms with Gasteiger partial charge in [-0.05, 0) is 24.7 Å². The molecule has 0 saturated carbocycles. The van der Waals surface area contributed by atoms with Gasteiger partial charge < -0.3 is 15.0 Å². The van der Waals surface area contributed by atoms with Crippen molar-refractivity contribution < 1.29 is 14.7 Å². The van der Waals surface area contributed by atoms with E-state index in [1.54, 1.807) is 6.20 Å². The van der Waals surface area contributed by atoms with E-state index in [4.69, 9.17) is 0 Å². The number of aromatic amines is 1. The number of nitrogens with one attached hydrogen (secondary N) is 2. The Morgan fingerprint density at radius 3 is 2.06 bits per heavy atom. The highest BCUT2D eigenvalue weighted by Crippen LogP contribution is 2.19. The second-order valence-corrected chi connectivity index (χ2v) is 8.67. The number of carbonyl (C=O) groups is 2. The summed E-state index contributed by atoms with van der Waals surface area (Å²) in [6, 6.07) is -0.835. The van der Waals surface area contributed by atoms with Gasteiger partial charge in [-0.1, -0.05) is 66.2 Å². The molecule has 1 aromatic rings. The van der Waals surface area contributed by atoms with Crippen LogP contribution in [0.2, 0.25) is 0 Å². The number of imidazole rings is 1. The standard InChI is InChI=1S/C24H44N4O3/c1-5-9-11-19(7-3)16-28(17-20(8-4)12-10-6-2)23(29)15-26-22(24(30)31)13-21-14-25-18-27-21/h14,18-20,22,26H,5-13,15-17H2,1-4H3,(H,25,27)(H,30,31)/t19?,20?,22-/m0/s1. The van der Waals surface area contributed by atoms with Gasteiger partial charge in [-0.3, -0.25) is 14.9 Å². The number of nitrogens with zero attached hydrogens (tertiary/aromatic N) is 2. The molecule has 2 unspecified atom stereocenters. The summed E-state index contributed by atoms with van der Waals surface area (Å²) >= 11 is 0. The van der Waals surface area contributed by atoms with Crippen LogP contribution in [0.25, 0.3) is 0 Å². The Morgan fingerprint density at radius 2 is 1.65 bits per heavy atom.